The number of alkyl halides is 3. The van der Waals surface area contributed by atoms with Crippen molar-refractivity contribution in [2.45, 2.75) is 18.0 Å². The van der Waals surface area contributed by atoms with Crippen molar-refractivity contribution in [1.82, 2.24) is 14.7 Å². The van der Waals surface area contributed by atoms with E-state index < -0.39 is 26.7 Å². The van der Waals surface area contributed by atoms with Gasteiger partial charge in [-0.25, -0.2) is 18.1 Å². The third kappa shape index (κ3) is 6.80. The van der Waals surface area contributed by atoms with Gasteiger partial charge in [-0.15, -0.1) is 0 Å². The minimum atomic E-state index is -4.63. The van der Waals surface area contributed by atoms with Crippen LogP contribution in [0.5, 0.6) is 5.75 Å². The molecular formula is C21H22F3N5O3S. The van der Waals surface area contributed by atoms with Crippen LogP contribution in [-0.2, 0) is 16.2 Å². The van der Waals surface area contributed by atoms with Crippen molar-refractivity contribution in [3.8, 4) is 5.75 Å². The molecule has 0 spiro atoms. The quantitative estimate of drug-likeness (QED) is 0.398. The van der Waals surface area contributed by atoms with Crippen LogP contribution in [0.15, 0.2) is 59.5 Å². The molecule has 1 aromatic heterocycles. The van der Waals surface area contributed by atoms with Crippen molar-refractivity contribution < 1.29 is 26.3 Å². The first-order chi connectivity index (χ1) is 15.6. The molecule has 0 amide bonds. The van der Waals surface area contributed by atoms with Crippen molar-refractivity contribution in [2.75, 3.05) is 30.8 Å². The predicted molar refractivity (Wildman–Crippen MR) is 118 cm³/mol. The van der Waals surface area contributed by atoms with Crippen LogP contribution in [0.25, 0.3) is 0 Å². The van der Waals surface area contributed by atoms with Crippen molar-refractivity contribution in [2.24, 2.45) is 0 Å². The van der Waals surface area contributed by atoms with E-state index in [4.69, 9.17) is 4.74 Å². The molecule has 2 aromatic carbocycles. The zero-order chi connectivity index (χ0) is 24.1. The van der Waals surface area contributed by atoms with Crippen LogP contribution in [0.4, 0.5) is 30.6 Å². The molecule has 8 nitrogen and oxygen atoms in total. The number of aromatic nitrogens is 2. The Morgan fingerprint density at radius 1 is 1.00 bits per heavy atom. The van der Waals surface area contributed by atoms with Crippen molar-refractivity contribution >= 4 is 27.5 Å². The summed E-state index contributed by atoms with van der Waals surface area (Å²) in [6, 6.07) is 12.5. The van der Waals surface area contributed by atoms with E-state index in [1.54, 1.807) is 32.2 Å². The van der Waals surface area contributed by atoms with Gasteiger partial charge >= 0.3 is 6.18 Å². The van der Waals surface area contributed by atoms with Gasteiger partial charge in [0, 0.05) is 30.5 Å². The summed E-state index contributed by atoms with van der Waals surface area (Å²) < 4.78 is 70.5. The van der Waals surface area contributed by atoms with Crippen LogP contribution in [0, 0.1) is 6.92 Å². The Balaban J connectivity index is 1.59. The van der Waals surface area contributed by atoms with Gasteiger partial charge in [0.15, 0.2) is 0 Å². The molecule has 3 N–H and O–H groups in total. The lowest BCUT2D eigenvalue weighted by Crippen LogP contribution is -2.29. The number of halogens is 3. The molecule has 0 aliphatic heterocycles. The predicted octanol–water partition coefficient (Wildman–Crippen LogP) is 3.95. The molecule has 0 atom stereocenters. The molecule has 33 heavy (non-hydrogen) atoms. The Labute approximate surface area is 189 Å². The average molecular weight is 482 g/mol. The van der Waals surface area contributed by atoms with Crippen molar-refractivity contribution in [3.05, 3.63) is 65.9 Å². The summed E-state index contributed by atoms with van der Waals surface area (Å²) in [4.78, 5) is 8.12. The first-order valence-corrected chi connectivity index (χ1v) is 11.2. The Kier molecular flexibility index (Phi) is 7.39. The maximum Gasteiger partial charge on any atom is 0.416 e. The lowest BCUT2D eigenvalue weighted by molar-refractivity contribution is -0.137. The van der Waals surface area contributed by atoms with Gasteiger partial charge < -0.3 is 15.4 Å². The summed E-state index contributed by atoms with van der Waals surface area (Å²) in [5.41, 5.74) is 0.426. The second-order valence-electron chi connectivity index (χ2n) is 6.92. The number of benzene rings is 2. The van der Waals surface area contributed by atoms with Crippen LogP contribution in [0.1, 0.15) is 11.3 Å². The van der Waals surface area contributed by atoms with Crippen molar-refractivity contribution in [3.63, 3.8) is 0 Å². The first kappa shape index (κ1) is 24.3. The number of methoxy groups -OCH3 is 1. The Morgan fingerprint density at radius 3 is 2.39 bits per heavy atom. The molecule has 12 heteroatoms. The Hall–Kier alpha value is -3.38. The highest BCUT2D eigenvalue weighted by molar-refractivity contribution is 7.89. The Bertz CT molecular complexity index is 1200. The van der Waals surface area contributed by atoms with Crippen molar-refractivity contribution in [1.29, 1.82) is 0 Å². The number of hydrogen-bond acceptors (Lipinski definition) is 7. The van der Waals surface area contributed by atoms with Gasteiger partial charge in [-0.05, 0) is 49.4 Å². The highest BCUT2D eigenvalue weighted by Gasteiger charge is 2.31. The minimum Gasteiger partial charge on any atom is -0.497 e. The van der Waals surface area contributed by atoms with E-state index in [0.29, 0.717) is 23.3 Å². The fraction of sp³-hybridized carbons (Fsp3) is 0.238. The van der Waals surface area contributed by atoms with E-state index in [1.165, 1.54) is 0 Å². The number of rotatable bonds is 9. The largest absolute Gasteiger partial charge is 0.497 e. The molecular weight excluding hydrogens is 459 g/mol. The van der Waals surface area contributed by atoms with E-state index >= 15 is 0 Å². The number of nitrogens with zero attached hydrogens (tertiary/aromatic N) is 2. The second-order valence-corrected chi connectivity index (χ2v) is 8.69. The first-order valence-electron chi connectivity index (χ1n) is 9.74. The van der Waals surface area contributed by atoms with Gasteiger partial charge in [-0.3, -0.25) is 0 Å². The van der Waals surface area contributed by atoms with Gasteiger partial charge in [0.1, 0.15) is 11.6 Å². The third-order valence-corrected chi connectivity index (χ3v) is 5.85. The molecule has 0 radical (unpaired) electrons. The summed E-state index contributed by atoms with van der Waals surface area (Å²) in [7, 11) is -2.54. The van der Waals surface area contributed by atoms with E-state index in [2.05, 4.69) is 25.3 Å². The summed E-state index contributed by atoms with van der Waals surface area (Å²) in [5, 5.41) is 6.04. The number of sulfonamides is 1. The lowest BCUT2D eigenvalue weighted by Gasteiger charge is -2.12. The number of nitrogens with one attached hydrogen (secondary N) is 3. The molecule has 0 saturated heterocycles. The zero-order valence-corrected chi connectivity index (χ0v) is 18.6. The second kappa shape index (κ2) is 10.0. The Morgan fingerprint density at radius 2 is 1.73 bits per heavy atom. The van der Waals surface area contributed by atoms with Gasteiger partial charge in [0.2, 0.25) is 16.0 Å². The van der Waals surface area contributed by atoms with E-state index in [1.807, 2.05) is 12.1 Å². The van der Waals surface area contributed by atoms with E-state index in [0.717, 1.165) is 23.9 Å². The monoisotopic (exact) mass is 481 g/mol. The molecule has 0 aliphatic rings. The number of aryl methyl sites for hydroxylation is 1. The average Bonchev–Trinajstić information content (AvgIpc) is 2.76. The number of ether oxygens (including phenoxy) is 1. The highest BCUT2D eigenvalue weighted by Crippen LogP contribution is 2.30. The standard InChI is InChI=1S/C21H22F3N5O3S/c1-14-12-19(28-16-6-8-17(32-2)9-7-16)29-20(27-14)25-10-11-26-33(30,31)18-5-3-4-15(13-18)21(22,23)24/h3-9,12-13,26H,10-11H2,1-2H3,(H2,25,27,28,29). The highest BCUT2D eigenvalue weighted by atomic mass is 32.2. The van der Waals surface area contributed by atoms with Crippen LogP contribution in [0.2, 0.25) is 0 Å². The third-order valence-electron chi connectivity index (χ3n) is 4.39. The van der Waals surface area contributed by atoms with Gasteiger partial charge in [-0.2, -0.15) is 18.2 Å². The van der Waals surface area contributed by atoms with E-state index in [-0.39, 0.29) is 19.0 Å². The number of hydrogen-bond donors (Lipinski definition) is 3. The fourth-order valence-corrected chi connectivity index (χ4v) is 3.89. The molecule has 0 saturated carbocycles. The molecule has 3 aromatic rings. The maximum atomic E-state index is 12.8. The van der Waals surface area contributed by atoms with Gasteiger partial charge in [0.25, 0.3) is 0 Å². The molecule has 0 unspecified atom stereocenters. The fourth-order valence-electron chi connectivity index (χ4n) is 2.82. The molecule has 0 fully saturated rings. The summed E-state index contributed by atoms with van der Waals surface area (Å²) in [6.07, 6.45) is -4.63. The summed E-state index contributed by atoms with van der Waals surface area (Å²) in [6.45, 7) is 1.81. The maximum absolute atomic E-state index is 12.8. The summed E-state index contributed by atoms with van der Waals surface area (Å²) >= 11 is 0. The van der Waals surface area contributed by atoms with E-state index in [9.17, 15) is 21.6 Å². The molecule has 176 valence electrons. The smallest absolute Gasteiger partial charge is 0.416 e. The van der Waals surface area contributed by atoms with Crippen LogP contribution in [0.3, 0.4) is 0 Å². The van der Waals surface area contributed by atoms with Crippen LogP contribution >= 0.6 is 0 Å². The number of anilines is 3. The SMILES string of the molecule is COc1ccc(Nc2cc(C)nc(NCCNS(=O)(=O)c3cccc(C(F)(F)F)c3)n2)cc1. The normalized spacial score (nSPS) is 11.8. The minimum absolute atomic E-state index is 0.0862. The molecule has 3 rings (SSSR count). The van der Waals surface area contributed by atoms with Crippen LogP contribution in [-0.4, -0.2) is 38.6 Å². The topological polar surface area (TPSA) is 105 Å². The van der Waals surface area contributed by atoms with Gasteiger partial charge in [-0.1, -0.05) is 6.07 Å². The molecule has 0 aliphatic carbocycles. The molecule has 1 heterocycles. The summed E-state index contributed by atoms with van der Waals surface area (Å²) in [5.74, 6) is 1.51. The zero-order valence-electron chi connectivity index (χ0n) is 17.8. The molecule has 0 bridgehead atoms. The van der Waals surface area contributed by atoms with Crippen LogP contribution < -0.4 is 20.1 Å². The lowest BCUT2D eigenvalue weighted by atomic mass is 10.2. The van der Waals surface area contributed by atoms with Gasteiger partial charge in [0.05, 0.1) is 17.6 Å².